The molecule has 206 valence electrons. The molecule has 0 aliphatic heterocycles. The van der Waals surface area contributed by atoms with Gasteiger partial charge >= 0.3 is 18.1 Å². The highest BCUT2D eigenvalue weighted by Crippen LogP contribution is 2.71. The number of alkyl halides is 4. The fourth-order valence-corrected chi connectivity index (χ4v) is 8.06. The van der Waals surface area contributed by atoms with Crippen molar-refractivity contribution < 1.29 is 51.3 Å². The first-order chi connectivity index (χ1) is 16.9. The molecule has 0 unspecified atom stereocenters. The normalized spacial score (nSPS) is 43.2. The molecule has 0 aromatic carbocycles. The summed E-state index contributed by atoms with van der Waals surface area (Å²) in [5.41, 5.74) is -6.98. The maximum Gasteiger partial charge on any atom is 0.490 e. The zero-order chi connectivity index (χ0) is 27.8. The first-order valence-electron chi connectivity index (χ1n) is 12.5. The van der Waals surface area contributed by atoms with Crippen LogP contribution in [-0.2, 0) is 28.7 Å². The molecule has 3 fully saturated rings. The van der Waals surface area contributed by atoms with Crippen LogP contribution in [-0.4, -0.2) is 58.8 Å². The average molecular weight is 533 g/mol. The summed E-state index contributed by atoms with van der Waals surface area (Å²) < 4.78 is 67.3. The zero-order valence-corrected chi connectivity index (χ0v) is 21.2. The molecule has 8 atom stereocenters. The highest BCUT2D eigenvalue weighted by Gasteiger charge is 2.77. The summed E-state index contributed by atoms with van der Waals surface area (Å²) in [5.74, 6) is -6.66. The lowest BCUT2D eigenvalue weighted by Gasteiger charge is -2.63. The van der Waals surface area contributed by atoms with Crippen molar-refractivity contribution in [1.29, 1.82) is 0 Å². The molecule has 7 nitrogen and oxygen atoms in total. The molecule has 0 spiro atoms. The maximum atomic E-state index is 17.7. The Morgan fingerprint density at radius 3 is 2.41 bits per heavy atom. The van der Waals surface area contributed by atoms with E-state index in [0.717, 1.165) is 6.92 Å². The van der Waals surface area contributed by atoms with E-state index in [4.69, 9.17) is 9.47 Å². The smallest absolute Gasteiger partial charge is 0.458 e. The predicted molar refractivity (Wildman–Crippen MR) is 120 cm³/mol. The van der Waals surface area contributed by atoms with Gasteiger partial charge in [-0.05, 0) is 50.0 Å². The molecule has 11 heteroatoms. The van der Waals surface area contributed by atoms with Crippen molar-refractivity contribution in [3.05, 3.63) is 11.6 Å². The molecule has 1 N–H and O–H groups in total. The van der Waals surface area contributed by atoms with Crippen molar-refractivity contribution in [2.24, 2.45) is 28.6 Å². The molecular formula is C26H32F4O7. The van der Waals surface area contributed by atoms with Crippen LogP contribution in [0.3, 0.4) is 0 Å². The number of allylic oxidation sites excluding steroid dienone is 1. The number of rotatable bonds is 4. The number of Topliss-reactive ketones (excluding diaryl/α,β-unsaturated/α-hetero) is 1. The average Bonchev–Trinajstić information content (AvgIpc) is 2.99. The van der Waals surface area contributed by atoms with Gasteiger partial charge in [0, 0.05) is 30.1 Å². The molecule has 0 heterocycles. The molecule has 4 aliphatic carbocycles. The van der Waals surface area contributed by atoms with E-state index in [0.29, 0.717) is 12.0 Å². The van der Waals surface area contributed by atoms with Crippen molar-refractivity contribution >= 4 is 23.5 Å². The van der Waals surface area contributed by atoms with Crippen LogP contribution in [0.15, 0.2) is 11.6 Å². The fourth-order valence-electron chi connectivity index (χ4n) is 8.06. The van der Waals surface area contributed by atoms with E-state index >= 15 is 4.39 Å². The third-order valence-corrected chi connectivity index (χ3v) is 9.91. The van der Waals surface area contributed by atoms with Crippen LogP contribution in [0.25, 0.3) is 0 Å². The van der Waals surface area contributed by atoms with Crippen LogP contribution in [0, 0.1) is 28.6 Å². The van der Waals surface area contributed by atoms with Crippen molar-refractivity contribution in [2.75, 3.05) is 6.61 Å². The maximum absolute atomic E-state index is 17.7. The van der Waals surface area contributed by atoms with Crippen LogP contribution in [0.4, 0.5) is 17.6 Å². The van der Waals surface area contributed by atoms with E-state index in [1.165, 1.54) is 13.0 Å². The summed E-state index contributed by atoms with van der Waals surface area (Å²) in [6, 6.07) is 0. The molecule has 0 amide bonds. The molecule has 4 aliphatic rings. The highest BCUT2D eigenvalue weighted by atomic mass is 19.4. The van der Waals surface area contributed by atoms with Gasteiger partial charge in [0.1, 0.15) is 11.7 Å². The van der Waals surface area contributed by atoms with E-state index in [9.17, 15) is 37.5 Å². The lowest BCUT2D eigenvalue weighted by Crippen LogP contribution is -2.70. The molecule has 0 radical (unpaired) electrons. The first-order valence-corrected chi connectivity index (χ1v) is 12.5. The number of ketones is 2. The Kier molecular flexibility index (Phi) is 6.45. The second-order valence-corrected chi connectivity index (χ2v) is 11.6. The second kappa shape index (κ2) is 8.61. The minimum absolute atomic E-state index is 0.00146. The van der Waals surface area contributed by atoms with Crippen LogP contribution in [0.1, 0.15) is 66.2 Å². The van der Waals surface area contributed by atoms with Gasteiger partial charge in [0.15, 0.2) is 18.1 Å². The van der Waals surface area contributed by atoms with Gasteiger partial charge in [-0.15, -0.1) is 0 Å². The fraction of sp³-hybridized carbons (Fsp3) is 0.769. The minimum Gasteiger partial charge on any atom is -0.458 e. The summed E-state index contributed by atoms with van der Waals surface area (Å²) in [5, 5.41) is 11.8. The van der Waals surface area contributed by atoms with Crippen LogP contribution in [0.2, 0.25) is 0 Å². The van der Waals surface area contributed by atoms with E-state index in [1.54, 1.807) is 13.8 Å². The number of fused-ring (bicyclic) bond motifs is 5. The Hall–Kier alpha value is -2.30. The minimum atomic E-state index is -5.38. The third kappa shape index (κ3) is 3.78. The van der Waals surface area contributed by atoms with Gasteiger partial charge in [-0.25, -0.2) is 9.18 Å². The Bertz CT molecular complexity index is 1070. The van der Waals surface area contributed by atoms with Crippen molar-refractivity contribution in [3.8, 4) is 0 Å². The lowest BCUT2D eigenvalue weighted by molar-refractivity contribution is -0.254. The molecule has 0 bridgehead atoms. The number of hydrogen-bond acceptors (Lipinski definition) is 7. The van der Waals surface area contributed by atoms with E-state index in [1.807, 2.05) is 0 Å². The number of aliphatic hydroxyl groups is 1. The molecule has 0 aromatic rings. The summed E-state index contributed by atoms with van der Waals surface area (Å²) in [6.45, 7) is 5.02. The highest BCUT2D eigenvalue weighted by molar-refractivity contribution is 5.92. The number of carbonyl (C=O) groups is 4. The van der Waals surface area contributed by atoms with Crippen molar-refractivity contribution in [1.82, 2.24) is 0 Å². The second-order valence-electron chi connectivity index (χ2n) is 11.6. The van der Waals surface area contributed by atoms with Crippen molar-refractivity contribution in [2.45, 2.75) is 89.8 Å². The van der Waals surface area contributed by atoms with Crippen LogP contribution in [0.5, 0.6) is 0 Å². The number of ether oxygens (including phenoxy) is 2. The Morgan fingerprint density at radius 1 is 1.16 bits per heavy atom. The number of halogens is 4. The van der Waals surface area contributed by atoms with Crippen LogP contribution < -0.4 is 0 Å². The van der Waals surface area contributed by atoms with Gasteiger partial charge in [0.25, 0.3) is 0 Å². The van der Waals surface area contributed by atoms with E-state index in [2.05, 4.69) is 0 Å². The molecule has 4 rings (SSSR count). The quantitative estimate of drug-likeness (QED) is 0.434. The SMILES string of the molecule is CC(=O)OCC(=O)[C@@]1(O)[C@H](C)C[C@H]2[C@@H]3CCC4=CC(=O)CC[C@]4(C)[C@@]3(F)[C@@H](OC(=O)C(F)(F)F)C[C@@]21C. The van der Waals surface area contributed by atoms with Gasteiger partial charge in [-0.1, -0.05) is 26.3 Å². The monoisotopic (exact) mass is 532 g/mol. The molecular weight excluding hydrogens is 500 g/mol. The molecule has 0 saturated heterocycles. The summed E-state index contributed by atoms with van der Waals surface area (Å²) in [7, 11) is 0. The topological polar surface area (TPSA) is 107 Å². The van der Waals surface area contributed by atoms with Gasteiger partial charge in [-0.2, -0.15) is 13.2 Å². The van der Waals surface area contributed by atoms with Crippen molar-refractivity contribution in [3.63, 3.8) is 0 Å². The molecule has 0 aromatic heterocycles. The van der Waals surface area contributed by atoms with Gasteiger partial charge in [-0.3, -0.25) is 14.4 Å². The Balaban J connectivity index is 1.84. The predicted octanol–water partition coefficient (Wildman–Crippen LogP) is 3.80. The number of esters is 2. The zero-order valence-electron chi connectivity index (χ0n) is 21.2. The van der Waals surface area contributed by atoms with Gasteiger partial charge < -0.3 is 14.6 Å². The van der Waals surface area contributed by atoms with E-state index in [-0.39, 0.29) is 31.5 Å². The van der Waals surface area contributed by atoms with Gasteiger partial charge in [0.05, 0.1) is 0 Å². The molecule has 37 heavy (non-hydrogen) atoms. The molecule has 3 saturated carbocycles. The first kappa shape index (κ1) is 27.7. The summed E-state index contributed by atoms with van der Waals surface area (Å²) >= 11 is 0. The summed E-state index contributed by atoms with van der Waals surface area (Å²) in [4.78, 5) is 48.7. The number of carbonyl (C=O) groups excluding carboxylic acids is 4. The largest absolute Gasteiger partial charge is 0.490 e. The van der Waals surface area contributed by atoms with Gasteiger partial charge in [0.2, 0.25) is 5.78 Å². The summed E-state index contributed by atoms with van der Waals surface area (Å²) in [6.07, 6.45) is -5.81. The Morgan fingerprint density at radius 2 is 1.81 bits per heavy atom. The Labute approximate surface area is 211 Å². The lowest BCUT2D eigenvalue weighted by atomic mass is 9.43. The van der Waals surface area contributed by atoms with Crippen LogP contribution >= 0.6 is 0 Å². The van der Waals surface area contributed by atoms with E-state index < -0.39 is 82.9 Å². The number of hydrogen-bond donors (Lipinski definition) is 1. The third-order valence-electron chi connectivity index (χ3n) is 9.91. The standard InChI is InChI=1S/C26H32F4O7/c1-13-9-18-17-6-5-15-10-16(32)7-8-22(15,3)24(17,27)20(37-21(34)26(28,29)30)11-23(18,4)25(13,35)19(33)12-36-14(2)31/h10,13,17-18,20,35H,5-9,11-12H2,1-4H3/t13-,17+,18+,20+,22+,23+,24+,25+/m1/s1.